The first-order valence-corrected chi connectivity index (χ1v) is 6.09. The number of nitrogens with one attached hydrogen (secondary N) is 1. The van der Waals surface area contributed by atoms with E-state index < -0.39 is 17.3 Å². The van der Waals surface area contributed by atoms with Crippen molar-refractivity contribution in [2.45, 2.75) is 25.0 Å². The van der Waals surface area contributed by atoms with Crippen LogP contribution in [0.2, 0.25) is 0 Å². The van der Waals surface area contributed by atoms with Crippen LogP contribution in [0.5, 0.6) is 0 Å². The Morgan fingerprint density at radius 1 is 1.68 bits per heavy atom. The molecule has 6 heteroatoms. The number of halogens is 1. The van der Waals surface area contributed by atoms with Crippen molar-refractivity contribution in [2.75, 3.05) is 18.9 Å². The van der Waals surface area contributed by atoms with E-state index in [1.54, 1.807) is 6.92 Å². The van der Waals surface area contributed by atoms with Gasteiger partial charge in [0.25, 0.3) is 5.91 Å². The summed E-state index contributed by atoms with van der Waals surface area (Å²) in [6.07, 6.45) is 0.0758. The first-order valence-electron chi connectivity index (χ1n) is 6.09. The largest absolute Gasteiger partial charge is 0.399 e. The number of aliphatic hydroxyl groups is 1. The summed E-state index contributed by atoms with van der Waals surface area (Å²) in [5, 5.41) is 12.7. The third-order valence-electron chi connectivity index (χ3n) is 3.45. The van der Waals surface area contributed by atoms with E-state index in [0.717, 1.165) is 6.07 Å². The molecule has 19 heavy (non-hydrogen) atoms. The van der Waals surface area contributed by atoms with Gasteiger partial charge >= 0.3 is 0 Å². The van der Waals surface area contributed by atoms with E-state index in [1.807, 2.05) is 0 Å². The van der Waals surface area contributed by atoms with Crippen LogP contribution in [0.15, 0.2) is 18.2 Å². The quantitative estimate of drug-likeness (QED) is 0.704. The van der Waals surface area contributed by atoms with E-state index in [1.165, 1.54) is 12.1 Å². The standard InChI is InChI=1S/C13H17FN2O3/c1-8-13(18,4-5-19-8)7-16-12(17)10-6-9(15)2-3-11(10)14/h2-3,6,8,18H,4-5,7,15H2,1H3,(H,16,17). The van der Waals surface area contributed by atoms with Gasteiger partial charge in [-0.25, -0.2) is 4.39 Å². The predicted molar refractivity (Wildman–Crippen MR) is 68.1 cm³/mol. The number of nitrogen functional groups attached to an aromatic ring is 1. The van der Waals surface area contributed by atoms with E-state index in [-0.39, 0.29) is 18.2 Å². The second-order valence-corrected chi connectivity index (χ2v) is 4.79. The number of benzene rings is 1. The van der Waals surface area contributed by atoms with Gasteiger partial charge in [-0.1, -0.05) is 0 Å². The zero-order valence-corrected chi connectivity index (χ0v) is 10.6. The Kier molecular flexibility index (Phi) is 3.73. The van der Waals surface area contributed by atoms with Crippen LogP contribution >= 0.6 is 0 Å². The predicted octanol–water partition coefficient (Wildman–Crippen LogP) is 0.678. The highest BCUT2D eigenvalue weighted by molar-refractivity contribution is 5.95. The molecule has 2 rings (SSSR count). The normalized spacial score (nSPS) is 26.4. The number of nitrogens with two attached hydrogens (primary N) is 1. The molecule has 4 N–H and O–H groups in total. The molecule has 0 aliphatic carbocycles. The van der Waals surface area contributed by atoms with Crippen LogP contribution in [-0.4, -0.2) is 35.9 Å². The van der Waals surface area contributed by atoms with E-state index in [0.29, 0.717) is 18.7 Å². The Morgan fingerprint density at radius 2 is 2.42 bits per heavy atom. The van der Waals surface area contributed by atoms with Crippen LogP contribution in [-0.2, 0) is 4.74 Å². The van der Waals surface area contributed by atoms with Gasteiger partial charge in [-0.15, -0.1) is 0 Å². The molecule has 1 saturated heterocycles. The lowest BCUT2D eigenvalue weighted by molar-refractivity contribution is -0.0251. The van der Waals surface area contributed by atoms with E-state index in [4.69, 9.17) is 10.5 Å². The minimum absolute atomic E-state index is 0.0151. The monoisotopic (exact) mass is 268 g/mol. The number of amides is 1. The maximum atomic E-state index is 13.5. The Bertz CT molecular complexity index is 495. The number of carbonyl (C=O) groups excluding carboxylic acids is 1. The Labute approximate surface area is 110 Å². The van der Waals surface area contributed by atoms with Gasteiger partial charge in [-0.05, 0) is 25.1 Å². The molecule has 1 aliphatic rings. The molecule has 1 aromatic rings. The molecule has 1 fully saturated rings. The average Bonchev–Trinajstić information content (AvgIpc) is 2.70. The van der Waals surface area contributed by atoms with Gasteiger partial charge in [0.15, 0.2) is 0 Å². The van der Waals surface area contributed by atoms with E-state index in [9.17, 15) is 14.3 Å². The number of anilines is 1. The van der Waals surface area contributed by atoms with Crippen molar-refractivity contribution in [1.29, 1.82) is 0 Å². The van der Waals surface area contributed by atoms with Crippen LogP contribution in [0.1, 0.15) is 23.7 Å². The maximum absolute atomic E-state index is 13.5. The molecule has 5 nitrogen and oxygen atoms in total. The summed E-state index contributed by atoms with van der Waals surface area (Å²) < 4.78 is 18.7. The lowest BCUT2D eigenvalue weighted by atomic mass is 9.96. The average molecular weight is 268 g/mol. The number of rotatable bonds is 3. The summed E-state index contributed by atoms with van der Waals surface area (Å²) in [7, 11) is 0. The third kappa shape index (κ3) is 2.85. The molecule has 2 unspecified atom stereocenters. The number of ether oxygens (including phenoxy) is 1. The van der Waals surface area contributed by atoms with Crippen molar-refractivity contribution in [2.24, 2.45) is 0 Å². The fraction of sp³-hybridized carbons (Fsp3) is 0.462. The lowest BCUT2D eigenvalue weighted by Gasteiger charge is -2.26. The molecule has 104 valence electrons. The van der Waals surface area contributed by atoms with Crippen molar-refractivity contribution in [3.05, 3.63) is 29.6 Å². The second-order valence-electron chi connectivity index (χ2n) is 4.79. The highest BCUT2D eigenvalue weighted by Gasteiger charge is 2.39. The number of hydrogen-bond acceptors (Lipinski definition) is 4. The topological polar surface area (TPSA) is 84.6 Å². The van der Waals surface area contributed by atoms with Gasteiger partial charge in [0.2, 0.25) is 0 Å². The van der Waals surface area contributed by atoms with Gasteiger partial charge < -0.3 is 20.9 Å². The number of carbonyl (C=O) groups is 1. The molecule has 0 spiro atoms. The van der Waals surface area contributed by atoms with Gasteiger partial charge in [0.1, 0.15) is 11.4 Å². The van der Waals surface area contributed by atoms with E-state index >= 15 is 0 Å². The molecule has 0 saturated carbocycles. The molecule has 0 radical (unpaired) electrons. The molecule has 1 aromatic carbocycles. The highest BCUT2D eigenvalue weighted by atomic mass is 19.1. The molecular formula is C13H17FN2O3. The third-order valence-corrected chi connectivity index (χ3v) is 3.45. The van der Waals surface area contributed by atoms with Crippen molar-refractivity contribution >= 4 is 11.6 Å². The van der Waals surface area contributed by atoms with Gasteiger partial charge in [-0.3, -0.25) is 4.79 Å². The van der Waals surface area contributed by atoms with Crippen LogP contribution in [0.3, 0.4) is 0 Å². The summed E-state index contributed by atoms with van der Waals surface area (Å²) in [5.41, 5.74) is 4.59. The molecule has 1 aliphatic heterocycles. The zero-order chi connectivity index (χ0) is 14.0. The zero-order valence-electron chi connectivity index (χ0n) is 10.6. The molecule has 1 amide bonds. The molecule has 1 heterocycles. The SMILES string of the molecule is CC1OCCC1(O)CNC(=O)c1cc(N)ccc1F. The fourth-order valence-electron chi connectivity index (χ4n) is 2.05. The molecule has 2 atom stereocenters. The van der Waals surface area contributed by atoms with Crippen molar-refractivity contribution in [3.8, 4) is 0 Å². The summed E-state index contributed by atoms with van der Waals surface area (Å²) in [5.74, 6) is -1.24. The summed E-state index contributed by atoms with van der Waals surface area (Å²) >= 11 is 0. The maximum Gasteiger partial charge on any atom is 0.254 e. The first-order chi connectivity index (χ1) is 8.92. The summed E-state index contributed by atoms with van der Waals surface area (Å²) in [6, 6.07) is 3.79. The minimum atomic E-state index is -1.10. The molecular weight excluding hydrogens is 251 g/mol. The van der Waals surface area contributed by atoms with E-state index in [2.05, 4.69) is 5.32 Å². The minimum Gasteiger partial charge on any atom is -0.399 e. The highest BCUT2D eigenvalue weighted by Crippen LogP contribution is 2.24. The van der Waals surface area contributed by atoms with Crippen LogP contribution < -0.4 is 11.1 Å². The first kappa shape index (κ1) is 13.8. The summed E-state index contributed by atoms with van der Waals surface area (Å²) in [6.45, 7) is 2.20. The van der Waals surface area contributed by atoms with Gasteiger partial charge in [0.05, 0.1) is 11.7 Å². The van der Waals surface area contributed by atoms with Gasteiger partial charge in [-0.2, -0.15) is 0 Å². The van der Waals surface area contributed by atoms with Crippen molar-refractivity contribution in [3.63, 3.8) is 0 Å². The van der Waals surface area contributed by atoms with Crippen molar-refractivity contribution < 1.29 is 19.0 Å². The van der Waals surface area contributed by atoms with Crippen molar-refractivity contribution in [1.82, 2.24) is 5.32 Å². The smallest absolute Gasteiger partial charge is 0.254 e. The van der Waals surface area contributed by atoms with Gasteiger partial charge in [0, 0.05) is 25.3 Å². The number of hydrogen-bond donors (Lipinski definition) is 3. The fourth-order valence-corrected chi connectivity index (χ4v) is 2.05. The molecule has 0 bridgehead atoms. The lowest BCUT2D eigenvalue weighted by Crippen LogP contribution is -2.47. The second kappa shape index (κ2) is 5.14. The Morgan fingerprint density at radius 3 is 3.05 bits per heavy atom. The Hall–Kier alpha value is -1.66. The Balaban J connectivity index is 2.03. The van der Waals surface area contributed by atoms with Crippen LogP contribution in [0.25, 0.3) is 0 Å². The van der Waals surface area contributed by atoms with Crippen LogP contribution in [0.4, 0.5) is 10.1 Å². The summed E-state index contributed by atoms with van der Waals surface area (Å²) in [4.78, 5) is 11.9. The van der Waals surface area contributed by atoms with Crippen LogP contribution in [0, 0.1) is 5.82 Å². The molecule has 0 aromatic heterocycles.